The van der Waals surface area contributed by atoms with Gasteiger partial charge in [0, 0.05) is 12.6 Å². The number of carbonyl (C=O) groups is 2. The average molecular weight is 503 g/mol. The smallest absolute Gasteiger partial charge is 0.247 e. The molecule has 1 aliphatic carbocycles. The first-order valence-corrected chi connectivity index (χ1v) is 12.5. The molecule has 0 bridgehead atoms. The van der Waals surface area contributed by atoms with Crippen LogP contribution in [0.3, 0.4) is 0 Å². The minimum atomic E-state index is -0.883. The predicted molar refractivity (Wildman–Crippen MR) is 136 cm³/mol. The van der Waals surface area contributed by atoms with Crippen molar-refractivity contribution in [1.82, 2.24) is 10.2 Å². The van der Waals surface area contributed by atoms with Crippen molar-refractivity contribution in [2.75, 3.05) is 27.2 Å². The van der Waals surface area contributed by atoms with E-state index in [2.05, 4.69) is 5.32 Å². The van der Waals surface area contributed by atoms with E-state index in [1.54, 1.807) is 39.5 Å². The molecule has 1 N–H and O–H groups in total. The molecule has 1 saturated carbocycles. The molecule has 2 aromatic rings. The van der Waals surface area contributed by atoms with Crippen molar-refractivity contribution >= 4 is 23.4 Å². The molecule has 35 heavy (non-hydrogen) atoms. The van der Waals surface area contributed by atoms with Gasteiger partial charge < -0.3 is 24.4 Å². The number of benzene rings is 2. The van der Waals surface area contributed by atoms with Crippen LogP contribution in [0.1, 0.15) is 55.7 Å². The maximum atomic E-state index is 13.8. The van der Waals surface area contributed by atoms with Crippen molar-refractivity contribution < 1.29 is 23.8 Å². The summed E-state index contributed by atoms with van der Waals surface area (Å²) < 4.78 is 16.1. The lowest BCUT2D eigenvalue weighted by molar-refractivity contribution is -0.140. The Hall–Kier alpha value is -2.93. The number of methoxy groups -OCH3 is 3. The molecule has 1 atom stereocenters. The summed E-state index contributed by atoms with van der Waals surface area (Å²) in [7, 11) is 4.70. The fourth-order valence-corrected chi connectivity index (χ4v) is 4.68. The van der Waals surface area contributed by atoms with Gasteiger partial charge in [0.05, 0.1) is 21.3 Å². The van der Waals surface area contributed by atoms with Gasteiger partial charge in [-0.15, -0.1) is 11.6 Å². The van der Waals surface area contributed by atoms with E-state index in [-0.39, 0.29) is 30.3 Å². The molecule has 7 nitrogen and oxygen atoms in total. The third kappa shape index (κ3) is 7.04. The van der Waals surface area contributed by atoms with Crippen molar-refractivity contribution in [2.45, 2.75) is 57.2 Å². The van der Waals surface area contributed by atoms with Gasteiger partial charge in [0.15, 0.2) is 11.5 Å². The standard InChI is InChI=1S/C27H35ClN2O5/c1-33-22-13-10-19(11-14-22)18-30(25(31)17-28)26(20-12-15-23(34-2)24(16-20)35-3)27(32)29-21-8-6-4-5-7-9-21/h10-16,21,26H,4-9,17-18H2,1-3H3,(H,29,32)/t26-/m1/s1. The van der Waals surface area contributed by atoms with Crippen LogP contribution < -0.4 is 19.5 Å². The zero-order valence-corrected chi connectivity index (χ0v) is 21.5. The van der Waals surface area contributed by atoms with Crippen molar-refractivity contribution in [2.24, 2.45) is 0 Å². The molecule has 1 fully saturated rings. The second-order valence-corrected chi connectivity index (χ2v) is 8.98. The molecule has 0 saturated heterocycles. The summed E-state index contributed by atoms with van der Waals surface area (Å²) in [6.07, 6.45) is 6.41. The Bertz CT molecular complexity index is 974. The number of ether oxygens (including phenoxy) is 3. The molecule has 0 aromatic heterocycles. The molecule has 190 valence electrons. The first kappa shape index (κ1) is 26.7. The second kappa shape index (κ2) is 13.2. The highest BCUT2D eigenvalue weighted by Gasteiger charge is 2.33. The van der Waals surface area contributed by atoms with E-state index in [1.807, 2.05) is 24.3 Å². The molecular formula is C27H35ClN2O5. The Morgan fingerprint density at radius 3 is 2.17 bits per heavy atom. The van der Waals surface area contributed by atoms with Crippen molar-refractivity contribution in [3.8, 4) is 17.2 Å². The second-order valence-electron chi connectivity index (χ2n) is 8.72. The van der Waals surface area contributed by atoms with Gasteiger partial charge in [0.25, 0.3) is 0 Å². The number of rotatable bonds is 10. The number of hydrogen-bond donors (Lipinski definition) is 1. The van der Waals surface area contributed by atoms with Gasteiger partial charge in [-0.05, 0) is 48.2 Å². The maximum absolute atomic E-state index is 13.8. The number of nitrogens with one attached hydrogen (secondary N) is 1. The Morgan fingerprint density at radius 1 is 0.943 bits per heavy atom. The van der Waals surface area contributed by atoms with E-state index < -0.39 is 6.04 Å². The van der Waals surface area contributed by atoms with Crippen LogP contribution in [-0.4, -0.2) is 50.0 Å². The van der Waals surface area contributed by atoms with E-state index in [1.165, 1.54) is 17.7 Å². The number of alkyl halides is 1. The highest BCUT2D eigenvalue weighted by Crippen LogP contribution is 2.33. The molecule has 3 rings (SSSR count). The molecule has 0 aliphatic heterocycles. The van der Waals surface area contributed by atoms with E-state index >= 15 is 0 Å². The molecular weight excluding hydrogens is 468 g/mol. The van der Waals surface area contributed by atoms with Crippen molar-refractivity contribution in [3.63, 3.8) is 0 Å². The minimum Gasteiger partial charge on any atom is -0.497 e. The molecule has 0 unspecified atom stereocenters. The quantitative estimate of drug-likeness (QED) is 0.371. The lowest BCUT2D eigenvalue weighted by Crippen LogP contribution is -2.46. The van der Waals surface area contributed by atoms with Crippen LogP contribution in [0, 0.1) is 0 Å². The highest BCUT2D eigenvalue weighted by atomic mass is 35.5. The summed E-state index contributed by atoms with van der Waals surface area (Å²) >= 11 is 6.03. The first-order chi connectivity index (χ1) is 17.0. The van der Waals surface area contributed by atoms with Gasteiger partial charge in [0.2, 0.25) is 11.8 Å². The lowest BCUT2D eigenvalue weighted by atomic mass is 10.0. The molecule has 1 aliphatic rings. The fraction of sp³-hybridized carbons (Fsp3) is 0.481. The Labute approximate surface area is 212 Å². The summed E-state index contributed by atoms with van der Waals surface area (Å²) in [6.45, 7) is 0.215. The number of hydrogen-bond acceptors (Lipinski definition) is 5. The summed E-state index contributed by atoms with van der Waals surface area (Å²) in [6, 6.07) is 11.9. The van der Waals surface area contributed by atoms with Gasteiger partial charge in [-0.3, -0.25) is 9.59 Å². The summed E-state index contributed by atoms with van der Waals surface area (Å²) in [5.74, 6) is 0.946. The third-order valence-corrected chi connectivity index (χ3v) is 6.66. The van der Waals surface area contributed by atoms with Crippen molar-refractivity contribution in [1.29, 1.82) is 0 Å². The van der Waals surface area contributed by atoms with Crippen LogP contribution in [0.2, 0.25) is 0 Å². The van der Waals surface area contributed by atoms with E-state index in [4.69, 9.17) is 25.8 Å². The number of amides is 2. The van der Waals surface area contributed by atoms with Crippen LogP contribution >= 0.6 is 11.6 Å². The maximum Gasteiger partial charge on any atom is 0.247 e. The average Bonchev–Trinajstić information content (AvgIpc) is 3.16. The number of carbonyl (C=O) groups excluding carboxylic acids is 2. The van der Waals surface area contributed by atoms with Crippen LogP contribution in [-0.2, 0) is 16.1 Å². The molecule has 0 radical (unpaired) electrons. The Morgan fingerprint density at radius 2 is 1.60 bits per heavy atom. The number of nitrogens with zero attached hydrogens (tertiary/aromatic N) is 1. The van der Waals surface area contributed by atoms with Gasteiger partial charge in [0.1, 0.15) is 17.7 Å². The Kier molecular flexibility index (Phi) is 10.1. The molecule has 2 aromatic carbocycles. The normalized spacial score (nSPS) is 15.0. The SMILES string of the molecule is COc1ccc(CN(C(=O)CCl)[C@@H](C(=O)NC2CCCCCC2)c2ccc(OC)c(OC)c2)cc1. The van der Waals surface area contributed by atoms with Crippen molar-refractivity contribution in [3.05, 3.63) is 53.6 Å². The largest absolute Gasteiger partial charge is 0.497 e. The van der Waals surface area contributed by atoms with Gasteiger partial charge >= 0.3 is 0 Å². The minimum absolute atomic E-state index is 0.0848. The molecule has 2 amide bonds. The van der Waals surface area contributed by atoms with E-state index in [0.29, 0.717) is 22.8 Å². The van der Waals surface area contributed by atoms with Gasteiger partial charge in [-0.25, -0.2) is 0 Å². The van der Waals surface area contributed by atoms with Gasteiger partial charge in [-0.1, -0.05) is 43.9 Å². The van der Waals surface area contributed by atoms with E-state index in [9.17, 15) is 9.59 Å². The van der Waals surface area contributed by atoms with Crippen LogP contribution in [0.5, 0.6) is 17.2 Å². The number of halogens is 1. The predicted octanol–water partition coefficient (Wildman–Crippen LogP) is 4.86. The molecule has 0 spiro atoms. The fourth-order valence-electron chi connectivity index (χ4n) is 4.53. The summed E-state index contributed by atoms with van der Waals surface area (Å²) in [5.41, 5.74) is 1.48. The van der Waals surface area contributed by atoms with Gasteiger partial charge in [-0.2, -0.15) is 0 Å². The Balaban J connectivity index is 1.99. The zero-order chi connectivity index (χ0) is 25.2. The molecule has 0 heterocycles. The van der Waals surface area contributed by atoms with Crippen LogP contribution in [0.25, 0.3) is 0 Å². The lowest BCUT2D eigenvalue weighted by Gasteiger charge is -2.32. The topological polar surface area (TPSA) is 77.1 Å². The first-order valence-electron chi connectivity index (χ1n) is 12.0. The zero-order valence-electron chi connectivity index (χ0n) is 20.7. The third-order valence-electron chi connectivity index (χ3n) is 6.43. The molecule has 8 heteroatoms. The summed E-state index contributed by atoms with van der Waals surface area (Å²) in [5, 5.41) is 3.22. The van der Waals surface area contributed by atoms with Crippen LogP contribution in [0.15, 0.2) is 42.5 Å². The van der Waals surface area contributed by atoms with Crippen LogP contribution in [0.4, 0.5) is 0 Å². The highest BCUT2D eigenvalue weighted by molar-refractivity contribution is 6.27. The monoisotopic (exact) mass is 502 g/mol. The van der Waals surface area contributed by atoms with E-state index in [0.717, 1.165) is 31.2 Å². The summed E-state index contributed by atoms with van der Waals surface area (Å²) in [4.78, 5) is 28.4.